The molecule has 8 nitrogen and oxygen atoms in total. The lowest BCUT2D eigenvalue weighted by Gasteiger charge is -2.06. The zero-order chi connectivity index (χ0) is 17.9. The van der Waals surface area contributed by atoms with Gasteiger partial charge in [0.05, 0.1) is 12.7 Å². The maximum atomic E-state index is 12.5. The summed E-state index contributed by atoms with van der Waals surface area (Å²) in [6.07, 6.45) is 3.30. The molecule has 1 saturated heterocycles. The minimum atomic E-state index is -0.245. The summed E-state index contributed by atoms with van der Waals surface area (Å²) in [5.74, 6) is 1.38. The van der Waals surface area contributed by atoms with Crippen LogP contribution in [-0.4, -0.2) is 32.2 Å². The quantitative estimate of drug-likeness (QED) is 0.756. The normalized spacial score (nSPS) is 16.7. The molecule has 1 amide bonds. The van der Waals surface area contributed by atoms with Crippen molar-refractivity contribution in [3.63, 3.8) is 0 Å². The molecule has 4 rings (SSSR count). The van der Waals surface area contributed by atoms with Gasteiger partial charge in [0, 0.05) is 19.2 Å². The number of benzene rings is 1. The van der Waals surface area contributed by atoms with Crippen LogP contribution in [-0.2, 0) is 18.3 Å². The first-order chi connectivity index (χ1) is 12.7. The second-order valence-electron chi connectivity index (χ2n) is 6.13. The molecule has 2 aromatic heterocycles. The molecule has 0 saturated carbocycles. The van der Waals surface area contributed by atoms with Gasteiger partial charge in [0.15, 0.2) is 5.82 Å². The fourth-order valence-corrected chi connectivity index (χ4v) is 2.97. The molecule has 8 heteroatoms. The third-order valence-electron chi connectivity index (χ3n) is 4.35. The minimum Gasteiger partial charge on any atom is -0.368 e. The molecule has 1 aromatic carbocycles. The van der Waals surface area contributed by atoms with E-state index in [0.29, 0.717) is 24.0 Å². The molecular formula is C18H19N5O3. The first-order valence-corrected chi connectivity index (χ1v) is 8.52. The molecule has 0 bridgehead atoms. The van der Waals surface area contributed by atoms with Crippen LogP contribution in [0.2, 0.25) is 0 Å². The molecule has 3 aromatic rings. The van der Waals surface area contributed by atoms with Crippen molar-refractivity contribution in [1.82, 2.24) is 25.0 Å². The molecule has 1 atom stereocenters. The lowest BCUT2D eigenvalue weighted by Crippen LogP contribution is -2.25. The zero-order valence-electron chi connectivity index (χ0n) is 14.4. The van der Waals surface area contributed by atoms with Crippen molar-refractivity contribution >= 4 is 5.91 Å². The van der Waals surface area contributed by atoms with E-state index in [2.05, 4.69) is 20.4 Å². The summed E-state index contributed by atoms with van der Waals surface area (Å²) in [5, 5.41) is 6.70. The molecule has 1 aliphatic rings. The van der Waals surface area contributed by atoms with Crippen LogP contribution in [0, 0.1) is 0 Å². The third kappa shape index (κ3) is 3.23. The first kappa shape index (κ1) is 16.5. The van der Waals surface area contributed by atoms with E-state index in [1.54, 1.807) is 10.8 Å². The summed E-state index contributed by atoms with van der Waals surface area (Å²) in [5.41, 5.74) is 1.42. The molecule has 1 fully saturated rings. The Balaban J connectivity index is 1.42. The topological polar surface area (TPSA) is 95.1 Å². The molecule has 0 radical (unpaired) electrons. The highest BCUT2D eigenvalue weighted by Crippen LogP contribution is 2.26. The Kier molecular flexibility index (Phi) is 4.49. The Bertz CT molecular complexity index is 897. The van der Waals surface area contributed by atoms with Gasteiger partial charge in [-0.15, -0.1) is 0 Å². The number of amides is 1. The number of rotatable bonds is 5. The van der Waals surface area contributed by atoms with Gasteiger partial charge in [0.25, 0.3) is 11.8 Å². The number of hydrogen-bond donors (Lipinski definition) is 1. The van der Waals surface area contributed by atoms with Gasteiger partial charge in [0.1, 0.15) is 17.6 Å². The predicted octanol–water partition coefficient (Wildman–Crippen LogP) is 2.25. The van der Waals surface area contributed by atoms with E-state index in [-0.39, 0.29) is 18.6 Å². The number of nitrogens with zero attached hydrogens (tertiary/aromatic N) is 4. The molecule has 134 valence electrons. The van der Waals surface area contributed by atoms with Crippen molar-refractivity contribution in [3.8, 4) is 11.4 Å². The fraction of sp³-hybridized carbons (Fsp3) is 0.333. The second-order valence-corrected chi connectivity index (χ2v) is 6.13. The minimum absolute atomic E-state index is 0.127. The van der Waals surface area contributed by atoms with Crippen LogP contribution in [0.15, 0.2) is 41.1 Å². The molecule has 0 spiro atoms. The highest BCUT2D eigenvalue weighted by molar-refractivity contribution is 5.93. The number of hydrogen-bond acceptors (Lipinski definition) is 6. The summed E-state index contributed by atoms with van der Waals surface area (Å²) in [6, 6.07) is 9.72. The highest BCUT2D eigenvalue weighted by atomic mass is 16.5. The van der Waals surface area contributed by atoms with Gasteiger partial charge in [-0.25, -0.2) is 4.98 Å². The van der Waals surface area contributed by atoms with Gasteiger partial charge in [-0.2, -0.15) is 4.98 Å². The van der Waals surface area contributed by atoms with E-state index in [1.807, 2.05) is 37.4 Å². The van der Waals surface area contributed by atoms with Gasteiger partial charge >= 0.3 is 0 Å². The maximum absolute atomic E-state index is 12.5. The molecule has 0 aliphatic carbocycles. The van der Waals surface area contributed by atoms with Gasteiger partial charge in [-0.1, -0.05) is 35.5 Å². The number of nitrogens with one attached hydrogen (secondary N) is 1. The van der Waals surface area contributed by atoms with Crippen LogP contribution in [0.1, 0.15) is 41.1 Å². The highest BCUT2D eigenvalue weighted by Gasteiger charge is 2.24. The molecule has 1 unspecified atom stereocenters. The molecule has 26 heavy (non-hydrogen) atoms. The van der Waals surface area contributed by atoms with Gasteiger partial charge in [-0.05, 0) is 12.8 Å². The van der Waals surface area contributed by atoms with E-state index in [1.165, 1.54) is 0 Å². The molecular weight excluding hydrogens is 334 g/mol. The van der Waals surface area contributed by atoms with Crippen LogP contribution in [0.3, 0.4) is 0 Å². The third-order valence-corrected chi connectivity index (χ3v) is 4.35. The molecule has 3 heterocycles. The van der Waals surface area contributed by atoms with E-state index in [4.69, 9.17) is 9.26 Å². The summed E-state index contributed by atoms with van der Waals surface area (Å²) in [4.78, 5) is 21.1. The van der Waals surface area contributed by atoms with Crippen LogP contribution in [0.4, 0.5) is 0 Å². The fourth-order valence-electron chi connectivity index (χ4n) is 2.97. The number of carbonyl (C=O) groups is 1. The van der Waals surface area contributed by atoms with Crippen LogP contribution in [0.5, 0.6) is 0 Å². The average molecular weight is 353 g/mol. The second kappa shape index (κ2) is 7.09. The number of carbonyl (C=O) groups excluding carboxylic acids is 1. The Hall–Kier alpha value is -3.00. The summed E-state index contributed by atoms with van der Waals surface area (Å²) in [6.45, 7) is 0.893. The molecule has 1 aliphatic heterocycles. The molecule has 1 N–H and O–H groups in total. The van der Waals surface area contributed by atoms with E-state index < -0.39 is 0 Å². The van der Waals surface area contributed by atoms with Crippen molar-refractivity contribution in [2.75, 3.05) is 6.61 Å². The number of ether oxygens (including phenoxy) is 1. The summed E-state index contributed by atoms with van der Waals surface area (Å²) < 4.78 is 12.5. The Morgan fingerprint density at radius 3 is 2.96 bits per heavy atom. The Morgan fingerprint density at radius 1 is 1.35 bits per heavy atom. The van der Waals surface area contributed by atoms with Crippen molar-refractivity contribution in [3.05, 3.63) is 53.9 Å². The largest absolute Gasteiger partial charge is 0.368 e. The zero-order valence-corrected chi connectivity index (χ0v) is 14.4. The van der Waals surface area contributed by atoms with Gasteiger partial charge < -0.3 is 19.1 Å². The predicted molar refractivity (Wildman–Crippen MR) is 92.0 cm³/mol. The Morgan fingerprint density at radius 2 is 2.19 bits per heavy atom. The SMILES string of the molecule is Cn1c(C(=O)NCc2noc(C3CCCO3)n2)cnc1-c1ccccc1. The van der Waals surface area contributed by atoms with Gasteiger partial charge in [0.2, 0.25) is 0 Å². The lowest BCUT2D eigenvalue weighted by molar-refractivity contribution is 0.0835. The van der Waals surface area contributed by atoms with E-state index in [0.717, 1.165) is 24.2 Å². The monoisotopic (exact) mass is 353 g/mol. The summed E-state index contributed by atoms with van der Waals surface area (Å²) in [7, 11) is 1.81. The van der Waals surface area contributed by atoms with E-state index in [9.17, 15) is 4.79 Å². The van der Waals surface area contributed by atoms with Crippen molar-refractivity contribution in [2.45, 2.75) is 25.5 Å². The Labute approximate surface area is 150 Å². The summed E-state index contributed by atoms with van der Waals surface area (Å²) >= 11 is 0. The van der Waals surface area contributed by atoms with E-state index >= 15 is 0 Å². The van der Waals surface area contributed by atoms with Crippen LogP contribution in [0.25, 0.3) is 11.4 Å². The van der Waals surface area contributed by atoms with Crippen LogP contribution >= 0.6 is 0 Å². The van der Waals surface area contributed by atoms with Crippen LogP contribution < -0.4 is 5.32 Å². The standard InChI is InChI=1S/C18H19N5O3/c1-23-13(10-19-16(23)12-6-3-2-4-7-12)17(24)20-11-15-21-18(26-22-15)14-8-5-9-25-14/h2-4,6-7,10,14H,5,8-9,11H2,1H3,(H,20,24). The maximum Gasteiger partial charge on any atom is 0.269 e. The first-order valence-electron chi connectivity index (χ1n) is 8.52. The lowest BCUT2D eigenvalue weighted by atomic mass is 10.2. The smallest absolute Gasteiger partial charge is 0.269 e. The van der Waals surface area contributed by atoms with Crippen molar-refractivity contribution < 1.29 is 14.1 Å². The number of aromatic nitrogens is 4. The number of imidazole rings is 1. The average Bonchev–Trinajstić information content (AvgIpc) is 3.41. The van der Waals surface area contributed by atoms with Crippen molar-refractivity contribution in [1.29, 1.82) is 0 Å². The van der Waals surface area contributed by atoms with Crippen molar-refractivity contribution in [2.24, 2.45) is 7.05 Å². The van der Waals surface area contributed by atoms with Gasteiger partial charge in [-0.3, -0.25) is 4.79 Å².